The van der Waals surface area contributed by atoms with E-state index in [1.165, 1.54) is 43.5 Å². The standard InChI is InChI=1S/C41H28Cl3F6N3O6/c1-59-24-6-2-18(3-7-24)39-29(36(56)53(38(39)58)51-32-11-4-21(42)15-31(32)44)17-28-25(34(39)26-8-5-23(54)16-30(26)43)9-10-27-33(28)37(57)52(35(27)55)22-13-19(40(45,46)47)12-20(14-22)41(48,49)50/h2-9,11-16,27-29,33-34,51,54H,10,17H2,1H3. The van der Waals surface area contributed by atoms with Gasteiger partial charge in [-0.15, -0.1) is 0 Å². The fourth-order valence-corrected chi connectivity index (χ4v) is 9.99. The number of hydrogen-bond donors (Lipinski definition) is 2. The van der Waals surface area contributed by atoms with Crippen LogP contribution in [0.15, 0.2) is 90.5 Å². The normalized spacial score (nSPS) is 25.5. The molecule has 0 spiro atoms. The van der Waals surface area contributed by atoms with Crippen molar-refractivity contribution in [3.63, 3.8) is 0 Å². The number of alkyl halides is 6. The minimum absolute atomic E-state index is 0.0307. The SMILES string of the molecule is COc1ccc(C23C(=O)N(Nc4ccc(Cl)cc4Cl)C(=O)C2CC2C(=CCC4C(=O)N(c5cc(C(F)(F)F)cc(C(F)(F)F)c5)C(=O)C42)C3c2ccc(O)cc2Cl)cc1. The maximum Gasteiger partial charge on any atom is 0.416 e. The number of methoxy groups -OCH3 is 1. The van der Waals surface area contributed by atoms with Crippen LogP contribution in [-0.2, 0) is 36.9 Å². The van der Waals surface area contributed by atoms with Crippen molar-refractivity contribution < 1.29 is 55.4 Å². The van der Waals surface area contributed by atoms with Gasteiger partial charge in [0, 0.05) is 16.0 Å². The smallest absolute Gasteiger partial charge is 0.416 e. The highest BCUT2D eigenvalue weighted by molar-refractivity contribution is 6.36. The number of aromatic hydroxyl groups is 1. The van der Waals surface area contributed by atoms with Crippen molar-refractivity contribution in [1.82, 2.24) is 5.01 Å². The summed E-state index contributed by atoms with van der Waals surface area (Å²) in [6.07, 6.45) is -9.39. The Morgan fingerprint density at radius 2 is 1.44 bits per heavy atom. The van der Waals surface area contributed by atoms with Crippen LogP contribution in [0.1, 0.15) is 41.0 Å². The number of carbonyl (C=O) groups is 4. The lowest BCUT2D eigenvalue weighted by atomic mass is 9.49. The number of rotatable bonds is 6. The van der Waals surface area contributed by atoms with Gasteiger partial charge < -0.3 is 9.84 Å². The van der Waals surface area contributed by atoms with Crippen molar-refractivity contribution in [2.45, 2.75) is 36.5 Å². The topological polar surface area (TPSA) is 116 Å². The molecule has 6 unspecified atom stereocenters. The number of benzene rings is 4. The van der Waals surface area contributed by atoms with Crippen LogP contribution in [0.4, 0.5) is 37.7 Å². The average molecular weight is 879 g/mol. The third-order valence-corrected chi connectivity index (χ3v) is 12.6. The molecular formula is C41H28Cl3F6N3O6. The number of hydrazine groups is 1. The zero-order chi connectivity index (χ0) is 42.5. The van der Waals surface area contributed by atoms with Crippen LogP contribution >= 0.6 is 34.8 Å². The number of amides is 4. The summed E-state index contributed by atoms with van der Waals surface area (Å²) < 4.78 is 89.0. The average Bonchev–Trinajstić information content (AvgIpc) is 3.56. The molecule has 0 aromatic heterocycles. The number of phenols is 1. The molecule has 306 valence electrons. The summed E-state index contributed by atoms with van der Waals surface area (Å²) >= 11 is 19.4. The van der Waals surface area contributed by atoms with Crippen LogP contribution in [0.5, 0.6) is 11.5 Å². The van der Waals surface area contributed by atoms with E-state index in [9.17, 15) is 45.8 Å². The highest BCUT2D eigenvalue weighted by Crippen LogP contribution is 2.65. The molecule has 4 aromatic rings. The van der Waals surface area contributed by atoms with Crippen molar-refractivity contribution in [2.24, 2.45) is 23.7 Å². The summed E-state index contributed by atoms with van der Waals surface area (Å²) in [6, 6.07) is 15.2. The van der Waals surface area contributed by atoms with Gasteiger partial charge in [0.1, 0.15) is 11.5 Å². The Morgan fingerprint density at radius 3 is 2.03 bits per heavy atom. The summed E-state index contributed by atoms with van der Waals surface area (Å²) in [5, 5.41) is 11.5. The van der Waals surface area contributed by atoms with Gasteiger partial charge in [-0.25, -0.2) is 4.90 Å². The Bertz CT molecular complexity index is 2460. The minimum Gasteiger partial charge on any atom is -0.508 e. The lowest BCUT2D eigenvalue weighted by molar-refractivity contribution is -0.143. The molecule has 6 atom stereocenters. The van der Waals surface area contributed by atoms with Crippen molar-refractivity contribution in [1.29, 1.82) is 0 Å². The van der Waals surface area contributed by atoms with E-state index in [1.807, 2.05) is 0 Å². The van der Waals surface area contributed by atoms with E-state index in [2.05, 4.69) is 5.43 Å². The van der Waals surface area contributed by atoms with Gasteiger partial charge in [-0.3, -0.25) is 24.6 Å². The number of nitrogens with one attached hydrogen (secondary N) is 1. The predicted molar refractivity (Wildman–Crippen MR) is 203 cm³/mol. The maximum atomic E-state index is 15.4. The molecular weight excluding hydrogens is 851 g/mol. The molecule has 2 saturated heterocycles. The summed E-state index contributed by atoms with van der Waals surface area (Å²) in [5.74, 6) is -9.69. The molecule has 2 aliphatic carbocycles. The first-order valence-corrected chi connectivity index (χ1v) is 19.0. The van der Waals surface area contributed by atoms with E-state index in [4.69, 9.17) is 39.5 Å². The quantitative estimate of drug-likeness (QED) is 0.113. The summed E-state index contributed by atoms with van der Waals surface area (Å²) in [4.78, 5) is 59.2. The third kappa shape index (κ3) is 6.40. The first-order valence-electron chi connectivity index (χ1n) is 17.9. The molecule has 18 heteroatoms. The number of imide groups is 2. The minimum atomic E-state index is -5.26. The van der Waals surface area contributed by atoms with Crippen molar-refractivity contribution in [3.05, 3.63) is 128 Å². The van der Waals surface area contributed by atoms with E-state index < -0.39 is 87.8 Å². The number of anilines is 2. The van der Waals surface area contributed by atoms with E-state index in [0.29, 0.717) is 33.9 Å². The Balaban J connectivity index is 1.32. The number of allylic oxidation sites excluding steroid dienone is 2. The van der Waals surface area contributed by atoms with E-state index in [0.717, 1.165) is 5.01 Å². The second-order valence-corrected chi connectivity index (χ2v) is 15.9. The van der Waals surface area contributed by atoms with Crippen LogP contribution in [0, 0.1) is 23.7 Å². The van der Waals surface area contributed by atoms with Crippen molar-refractivity contribution in [3.8, 4) is 11.5 Å². The number of fused-ring (bicyclic) bond motifs is 4. The Hall–Kier alpha value is -5.25. The maximum absolute atomic E-state index is 15.4. The lowest BCUT2D eigenvalue weighted by Crippen LogP contribution is -2.53. The largest absolute Gasteiger partial charge is 0.508 e. The molecule has 2 heterocycles. The fourth-order valence-electron chi connectivity index (χ4n) is 9.26. The Labute approximate surface area is 346 Å². The van der Waals surface area contributed by atoms with Gasteiger partial charge >= 0.3 is 12.4 Å². The molecule has 4 aliphatic rings. The highest BCUT2D eigenvalue weighted by atomic mass is 35.5. The molecule has 1 saturated carbocycles. The van der Waals surface area contributed by atoms with Gasteiger partial charge in [0.15, 0.2) is 0 Å². The monoisotopic (exact) mass is 877 g/mol. The predicted octanol–water partition coefficient (Wildman–Crippen LogP) is 9.59. The van der Waals surface area contributed by atoms with Gasteiger partial charge in [-0.1, -0.05) is 64.7 Å². The number of phenolic OH excluding ortho intramolecular Hbond substituents is 1. The van der Waals surface area contributed by atoms with Gasteiger partial charge in [0.2, 0.25) is 11.8 Å². The summed E-state index contributed by atoms with van der Waals surface area (Å²) in [5.41, 5.74) is -2.30. The lowest BCUT2D eigenvalue weighted by Gasteiger charge is -2.50. The van der Waals surface area contributed by atoms with Crippen LogP contribution in [0.2, 0.25) is 15.1 Å². The van der Waals surface area contributed by atoms with Crippen LogP contribution in [-0.4, -0.2) is 40.9 Å². The first kappa shape index (κ1) is 40.5. The second kappa shape index (κ2) is 14.2. The number of carbonyl (C=O) groups excluding carboxylic acids is 4. The van der Waals surface area contributed by atoms with Crippen molar-refractivity contribution in [2.75, 3.05) is 17.4 Å². The molecule has 0 bridgehead atoms. The zero-order valence-electron chi connectivity index (χ0n) is 30.2. The van der Waals surface area contributed by atoms with E-state index in [1.54, 1.807) is 30.3 Å². The van der Waals surface area contributed by atoms with Crippen LogP contribution < -0.4 is 15.1 Å². The fraction of sp³-hybridized carbons (Fsp3) is 0.268. The summed E-state index contributed by atoms with van der Waals surface area (Å²) in [6.45, 7) is 0. The third-order valence-electron chi connectivity index (χ3n) is 11.7. The molecule has 0 radical (unpaired) electrons. The van der Waals surface area contributed by atoms with Gasteiger partial charge in [0.25, 0.3) is 11.8 Å². The molecule has 2 aliphatic heterocycles. The molecule has 4 amide bonds. The Kier molecular flexibility index (Phi) is 9.75. The van der Waals surface area contributed by atoms with Gasteiger partial charge in [-0.2, -0.15) is 31.4 Å². The van der Waals surface area contributed by atoms with E-state index >= 15 is 4.79 Å². The second-order valence-electron chi connectivity index (χ2n) is 14.7. The van der Waals surface area contributed by atoms with Crippen LogP contribution in [0.3, 0.4) is 0 Å². The van der Waals surface area contributed by atoms with E-state index in [-0.39, 0.29) is 51.0 Å². The van der Waals surface area contributed by atoms with Gasteiger partial charge in [-0.05, 0) is 90.6 Å². The highest BCUT2D eigenvalue weighted by Gasteiger charge is 2.70. The number of hydrogen-bond acceptors (Lipinski definition) is 7. The zero-order valence-corrected chi connectivity index (χ0v) is 32.4. The molecule has 3 fully saturated rings. The van der Waals surface area contributed by atoms with Gasteiger partial charge in [0.05, 0.1) is 57.8 Å². The molecule has 8 rings (SSSR count). The number of halogens is 9. The Morgan fingerprint density at radius 1 is 0.780 bits per heavy atom. The number of ether oxygens (including phenoxy) is 1. The van der Waals surface area contributed by atoms with Crippen molar-refractivity contribution >= 4 is 69.8 Å². The molecule has 59 heavy (non-hydrogen) atoms. The van der Waals surface area contributed by atoms with Crippen LogP contribution in [0.25, 0.3) is 0 Å². The summed E-state index contributed by atoms with van der Waals surface area (Å²) in [7, 11) is 1.43. The molecule has 4 aromatic carbocycles. The molecule has 9 nitrogen and oxygen atoms in total. The number of nitrogens with zero attached hydrogens (tertiary/aromatic N) is 2. The first-order chi connectivity index (χ1) is 27.8. The molecule has 2 N–H and O–H groups in total.